The van der Waals surface area contributed by atoms with E-state index in [-0.39, 0.29) is 17.4 Å². The van der Waals surface area contributed by atoms with Crippen LogP contribution in [0.25, 0.3) is 0 Å². The molecule has 0 bridgehead atoms. The molecule has 1 atom stereocenters. The summed E-state index contributed by atoms with van der Waals surface area (Å²) in [6.07, 6.45) is 4.50. The molecule has 1 aliphatic heterocycles. The smallest absolute Gasteiger partial charge is 0.268 e. The largest absolute Gasteiger partial charge is 0.369 e. The lowest BCUT2D eigenvalue weighted by atomic mass is 9.97. The van der Waals surface area contributed by atoms with Crippen molar-refractivity contribution in [2.24, 2.45) is 13.0 Å². The van der Waals surface area contributed by atoms with Gasteiger partial charge in [0.15, 0.2) is 0 Å². The number of piperidine rings is 1. The summed E-state index contributed by atoms with van der Waals surface area (Å²) in [6, 6.07) is 1.58. The lowest BCUT2D eigenvalue weighted by Crippen LogP contribution is -2.43. The fourth-order valence-electron chi connectivity index (χ4n) is 2.45. The van der Waals surface area contributed by atoms with Crippen LogP contribution in [0, 0.1) is 5.92 Å². The van der Waals surface area contributed by atoms with Gasteiger partial charge in [-0.25, -0.2) is 4.68 Å². The number of carbonyl (C=O) groups is 1. The van der Waals surface area contributed by atoms with Gasteiger partial charge < -0.3 is 10.2 Å². The van der Waals surface area contributed by atoms with E-state index < -0.39 is 0 Å². The Labute approximate surface area is 118 Å². The summed E-state index contributed by atoms with van der Waals surface area (Å²) in [5.41, 5.74) is 0.682. The number of hydrogen-bond acceptors (Lipinski definition) is 4. The third-order valence-electron chi connectivity index (χ3n) is 3.66. The quantitative estimate of drug-likeness (QED) is 0.872. The Morgan fingerprint density at radius 3 is 3.05 bits per heavy atom. The molecule has 1 N–H and O–H groups in total. The van der Waals surface area contributed by atoms with Crippen molar-refractivity contribution in [3.63, 3.8) is 0 Å². The van der Waals surface area contributed by atoms with E-state index in [4.69, 9.17) is 0 Å². The number of anilines is 1. The van der Waals surface area contributed by atoms with Crippen molar-refractivity contribution in [3.8, 4) is 0 Å². The van der Waals surface area contributed by atoms with Crippen LogP contribution in [-0.4, -0.2) is 35.3 Å². The average Bonchev–Trinajstić information content (AvgIpc) is 2.47. The Kier molecular flexibility index (Phi) is 4.76. The minimum absolute atomic E-state index is 0.000594. The van der Waals surface area contributed by atoms with Gasteiger partial charge in [0.25, 0.3) is 5.56 Å². The summed E-state index contributed by atoms with van der Waals surface area (Å²) < 4.78 is 1.30. The molecule has 0 aliphatic carbocycles. The highest BCUT2D eigenvalue weighted by Crippen LogP contribution is 2.21. The van der Waals surface area contributed by atoms with Crippen molar-refractivity contribution in [1.82, 2.24) is 15.1 Å². The van der Waals surface area contributed by atoms with Gasteiger partial charge in [0.05, 0.1) is 17.8 Å². The molecular formula is C14H22N4O2. The molecule has 6 heteroatoms. The van der Waals surface area contributed by atoms with Crippen LogP contribution in [0.3, 0.4) is 0 Å². The molecule has 6 nitrogen and oxygen atoms in total. The number of hydrogen-bond donors (Lipinski definition) is 1. The van der Waals surface area contributed by atoms with Crippen LogP contribution in [0.2, 0.25) is 0 Å². The SMILES string of the molecule is CCCNC(=O)[C@@H]1CCCN(c2cnn(C)c(=O)c2)C1. The summed E-state index contributed by atoms with van der Waals surface area (Å²) in [5.74, 6) is 0.118. The predicted octanol–water partition coefficient (Wildman–Crippen LogP) is 0.523. The third kappa shape index (κ3) is 3.37. The van der Waals surface area contributed by atoms with Crippen LogP contribution in [0.1, 0.15) is 26.2 Å². The Hall–Kier alpha value is -1.85. The van der Waals surface area contributed by atoms with E-state index in [1.54, 1.807) is 19.3 Å². The number of aryl methyl sites for hydroxylation is 1. The van der Waals surface area contributed by atoms with Crippen molar-refractivity contribution in [1.29, 1.82) is 0 Å². The van der Waals surface area contributed by atoms with Crippen LogP contribution in [0.4, 0.5) is 5.69 Å². The standard InChI is InChI=1S/C14H22N4O2/c1-3-6-15-14(20)11-5-4-7-18(10-11)12-8-13(19)17(2)16-9-12/h8-9,11H,3-7,10H2,1-2H3,(H,15,20)/t11-/m1/s1. The maximum atomic E-state index is 12.0. The third-order valence-corrected chi connectivity index (χ3v) is 3.66. The van der Waals surface area contributed by atoms with Crippen LogP contribution in [0.15, 0.2) is 17.1 Å². The fraction of sp³-hybridized carbons (Fsp3) is 0.643. The van der Waals surface area contributed by atoms with Gasteiger partial charge in [-0.2, -0.15) is 5.10 Å². The molecule has 1 aromatic heterocycles. The zero-order valence-electron chi connectivity index (χ0n) is 12.1. The maximum Gasteiger partial charge on any atom is 0.268 e. The Balaban J connectivity index is 2.04. The lowest BCUT2D eigenvalue weighted by Gasteiger charge is -2.33. The van der Waals surface area contributed by atoms with Crippen molar-refractivity contribution >= 4 is 11.6 Å². The van der Waals surface area contributed by atoms with Gasteiger partial charge in [0.2, 0.25) is 5.91 Å². The molecule has 0 radical (unpaired) electrons. The van der Waals surface area contributed by atoms with E-state index in [2.05, 4.69) is 15.3 Å². The second-order valence-electron chi connectivity index (χ2n) is 5.25. The molecule has 0 unspecified atom stereocenters. The minimum Gasteiger partial charge on any atom is -0.369 e. The van der Waals surface area contributed by atoms with E-state index >= 15 is 0 Å². The number of amides is 1. The zero-order valence-corrected chi connectivity index (χ0v) is 12.1. The second kappa shape index (κ2) is 6.54. The molecule has 0 spiro atoms. The molecule has 1 saturated heterocycles. The van der Waals surface area contributed by atoms with Gasteiger partial charge in [0, 0.05) is 32.7 Å². The maximum absolute atomic E-state index is 12.0. The number of nitrogens with one attached hydrogen (secondary N) is 1. The molecular weight excluding hydrogens is 256 g/mol. The van der Waals surface area contributed by atoms with Gasteiger partial charge >= 0.3 is 0 Å². The first-order valence-corrected chi connectivity index (χ1v) is 7.18. The predicted molar refractivity (Wildman–Crippen MR) is 77.7 cm³/mol. The average molecular weight is 278 g/mol. The normalized spacial score (nSPS) is 18.9. The van der Waals surface area contributed by atoms with E-state index in [0.29, 0.717) is 6.54 Å². The number of nitrogens with zero attached hydrogens (tertiary/aromatic N) is 3. The zero-order chi connectivity index (χ0) is 14.5. The van der Waals surface area contributed by atoms with Crippen LogP contribution in [0.5, 0.6) is 0 Å². The van der Waals surface area contributed by atoms with Gasteiger partial charge in [0.1, 0.15) is 0 Å². The topological polar surface area (TPSA) is 67.2 Å². The summed E-state index contributed by atoms with van der Waals surface area (Å²) in [4.78, 5) is 25.7. The molecule has 20 heavy (non-hydrogen) atoms. The summed E-state index contributed by atoms with van der Waals surface area (Å²) in [5, 5.41) is 6.98. The van der Waals surface area contributed by atoms with Gasteiger partial charge in [-0.15, -0.1) is 0 Å². The van der Waals surface area contributed by atoms with Crippen LogP contribution >= 0.6 is 0 Å². The first kappa shape index (κ1) is 14.6. The summed E-state index contributed by atoms with van der Waals surface area (Å²) in [7, 11) is 1.63. The van der Waals surface area contributed by atoms with Gasteiger partial charge in [-0.05, 0) is 19.3 Å². The number of rotatable bonds is 4. The summed E-state index contributed by atoms with van der Waals surface area (Å²) in [6.45, 7) is 4.29. The molecule has 110 valence electrons. The monoisotopic (exact) mass is 278 g/mol. The molecule has 1 aromatic rings. The first-order valence-electron chi connectivity index (χ1n) is 7.18. The highest BCUT2D eigenvalue weighted by atomic mass is 16.2. The van der Waals surface area contributed by atoms with Crippen molar-refractivity contribution in [2.45, 2.75) is 26.2 Å². The molecule has 2 heterocycles. The molecule has 2 rings (SSSR count). The van der Waals surface area contributed by atoms with Crippen molar-refractivity contribution in [2.75, 3.05) is 24.5 Å². The lowest BCUT2D eigenvalue weighted by molar-refractivity contribution is -0.125. The van der Waals surface area contributed by atoms with E-state index in [1.165, 1.54) is 4.68 Å². The van der Waals surface area contributed by atoms with Crippen LogP contribution in [-0.2, 0) is 11.8 Å². The van der Waals surface area contributed by atoms with Crippen molar-refractivity contribution in [3.05, 3.63) is 22.6 Å². The molecule has 1 aliphatic rings. The Morgan fingerprint density at radius 2 is 2.35 bits per heavy atom. The minimum atomic E-state index is -0.125. The first-order chi connectivity index (χ1) is 9.61. The second-order valence-corrected chi connectivity index (χ2v) is 5.25. The summed E-state index contributed by atoms with van der Waals surface area (Å²) >= 11 is 0. The Morgan fingerprint density at radius 1 is 1.55 bits per heavy atom. The van der Waals surface area contributed by atoms with Gasteiger partial charge in [-0.1, -0.05) is 6.92 Å². The van der Waals surface area contributed by atoms with Crippen molar-refractivity contribution < 1.29 is 4.79 Å². The van der Waals surface area contributed by atoms with E-state index in [0.717, 1.165) is 38.0 Å². The highest BCUT2D eigenvalue weighted by molar-refractivity contribution is 5.79. The molecule has 1 amide bonds. The van der Waals surface area contributed by atoms with E-state index in [1.807, 2.05) is 6.92 Å². The molecule has 1 fully saturated rings. The fourth-order valence-corrected chi connectivity index (χ4v) is 2.45. The molecule has 0 aromatic carbocycles. The van der Waals surface area contributed by atoms with E-state index in [9.17, 15) is 9.59 Å². The molecule has 0 saturated carbocycles. The number of carbonyl (C=O) groups excluding carboxylic acids is 1. The van der Waals surface area contributed by atoms with Gasteiger partial charge in [-0.3, -0.25) is 9.59 Å². The highest BCUT2D eigenvalue weighted by Gasteiger charge is 2.25. The number of aromatic nitrogens is 2. The Bertz CT molecular complexity index is 526. The van der Waals surface area contributed by atoms with Crippen LogP contribution < -0.4 is 15.8 Å².